The van der Waals surface area contributed by atoms with Gasteiger partial charge in [0, 0.05) is 11.8 Å². The van der Waals surface area contributed by atoms with Gasteiger partial charge in [0.15, 0.2) is 0 Å². The molecule has 0 amide bonds. The predicted molar refractivity (Wildman–Crippen MR) is 60.5 cm³/mol. The minimum atomic E-state index is -1.43. The molecule has 76 valence electrons. The molecule has 0 aliphatic carbocycles. The van der Waals surface area contributed by atoms with E-state index in [9.17, 15) is 4.79 Å². The average molecular weight is 307 g/mol. The number of carboxylic acids is 1. The minimum Gasteiger partial charge on any atom is -0.480 e. The van der Waals surface area contributed by atoms with Crippen LogP contribution in [0.3, 0.4) is 0 Å². The molecule has 0 aliphatic heterocycles. The fourth-order valence-electron chi connectivity index (χ4n) is 0.856. The molecule has 0 radical (unpaired) electrons. The van der Waals surface area contributed by atoms with E-state index in [4.69, 9.17) is 16.6 Å². The summed E-state index contributed by atoms with van der Waals surface area (Å²) in [5, 5.41) is 8.87. The van der Waals surface area contributed by atoms with E-state index in [-0.39, 0.29) is 0 Å². The Bertz CT molecular complexity index is 379. The van der Waals surface area contributed by atoms with Crippen molar-refractivity contribution in [3.63, 3.8) is 0 Å². The molecule has 5 N–H and O–H groups in total. The van der Waals surface area contributed by atoms with Crippen molar-refractivity contribution < 1.29 is 9.90 Å². The van der Waals surface area contributed by atoms with Gasteiger partial charge in [-0.1, -0.05) is 0 Å². The van der Waals surface area contributed by atoms with Gasteiger partial charge in [0.05, 0.1) is 3.57 Å². The third-order valence-corrected chi connectivity index (χ3v) is 2.78. The maximum atomic E-state index is 10.8. The van der Waals surface area contributed by atoms with Crippen LogP contribution < -0.4 is 11.5 Å². The molecule has 0 aromatic carbocycles. The molecule has 0 aliphatic rings. The van der Waals surface area contributed by atoms with Gasteiger partial charge in [-0.3, -0.25) is 0 Å². The van der Waals surface area contributed by atoms with E-state index in [2.05, 4.69) is 4.98 Å². The minimum absolute atomic E-state index is 0.371. The molecule has 6 heteroatoms. The predicted octanol–water partition coefficient (Wildman–Crippen LogP) is 0.527. The highest BCUT2D eigenvalue weighted by Crippen LogP contribution is 2.21. The number of carbonyl (C=O) groups is 1. The Labute approximate surface area is 94.6 Å². The first-order valence-corrected chi connectivity index (χ1v) is 4.87. The number of anilines is 1. The molecule has 0 fully saturated rings. The molecule has 14 heavy (non-hydrogen) atoms. The number of carboxylic acid groups (broad SMARTS) is 1. The number of nitrogen functional groups attached to an aromatic ring is 1. The van der Waals surface area contributed by atoms with Gasteiger partial charge in [-0.2, -0.15) is 0 Å². The molecule has 0 saturated carbocycles. The molecule has 1 rings (SSSR count). The third-order valence-electron chi connectivity index (χ3n) is 1.91. The summed E-state index contributed by atoms with van der Waals surface area (Å²) < 4.78 is 0.693. The Morgan fingerprint density at radius 2 is 2.29 bits per heavy atom. The molecular formula is C8H10IN3O2. The van der Waals surface area contributed by atoms with E-state index >= 15 is 0 Å². The van der Waals surface area contributed by atoms with Crippen molar-refractivity contribution in [3.8, 4) is 0 Å². The number of rotatable bonds is 2. The highest BCUT2D eigenvalue weighted by atomic mass is 127. The summed E-state index contributed by atoms with van der Waals surface area (Å²) >= 11 is 1.98. The zero-order chi connectivity index (χ0) is 10.9. The van der Waals surface area contributed by atoms with Crippen LogP contribution in [-0.4, -0.2) is 16.1 Å². The molecular weight excluding hydrogens is 297 g/mol. The average Bonchev–Trinajstić information content (AvgIpc) is 2.09. The fourth-order valence-corrected chi connectivity index (χ4v) is 1.33. The van der Waals surface area contributed by atoms with Crippen molar-refractivity contribution in [3.05, 3.63) is 21.4 Å². The fraction of sp³-hybridized carbons (Fsp3) is 0.250. The molecule has 1 atom stereocenters. The topological polar surface area (TPSA) is 102 Å². The lowest BCUT2D eigenvalue weighted by Gasteiger charge is -2.19. The van der Waals surface area contributed by atoms with Crippen molar-refractivity contribution in [2.45, 2.75) is 12.5 Å². The van der Waals surface area contributed by atoms with Crippen molar-refractivity contribution >= 4 is 34.4 Å². The largest absolute Gasteiger partial charge is 0.480 e. The summed E-state index contributed by atoms with van der Waals surface area (Å²) in [6.07, 6.45) is 1.38. The summed E-state index contributed by atoms with van der Waals surface area (Å²) in [7, 11) is 0. The Morgan fingerprint density at radius 1 is 1.71 bits per heavy atom. The van der Waals surface area contributed by atoms with Gasteiger partial charge >= 0.3 is 5.97 Å². The summed E-state index contributed by atoms with van der Waals surface area (Å²) in [6, 6.07) is 1.62. The van der Waals surface area contributed by atoms with E-state index in [1.807, 2.05) is 22.6 Å². The highest BCUT2D eigenvalue weighted by molar-refractivity contribution is 14.1. The number of hydrogen-bond donors (Lipinski definition) is 3. The van der Waals surface area contributed by atoms with Crippen molar-refractivity contribution in [2.24, 2.45) is 5.73 Å². The highest BCUT2D eigenvalue weighted by Gasteiger charge is 2.30. The van der Waals surface area contributed by atoms with Crippen LogP contribution in [0.25, 0.3) is 0 Å². The van der Waals surface area contributed by atoms with Crippen molar-refractivity contribution in [2.75, 3.05) is 5.73 Å². The van der Waals surface area contributed by atoms with E-state index in [0.717, 1.165) is 0 Å². The van der Waals surface area contributed by atoms with Crippen LogP contribution >= 0.6 is 22.6 Å². The van der Waals surface area contributed by atoms with Crippen molar-refractivity contribution in [1.29, 1.82) is 0 Å². The summed E-state index contributed by atoms with van der Waals surface area (Å²) in [6.45, 7) is 1.42. The van der Waals surface area contributed by atoms with Gasteiger partial charge in [0.1, 0.15) is 11.4 Å². The number of hydrogen-bond acceptors (Lipinski definition) is 4. The SMILES string of the molecule is C[C@](N)(C(=O)O)c1cnc(N)c(I)c1. The van der Waals surface area contributed by atoms with Gasteiger partial charge in [-0.05, 0) is 35.6 Å². The smallest absolute Gasteiger partial charge is 0.328 e. The van der Waals surface area contributed by atoms with Gasteiger partial charge < -0.3 is 16.6 Å². The Kier molecular flexibility index (Phi) is 2.95. The number of nitrogens with zero attached hydrogens (tertiary/aromatic N) is 1. The van der Waals surface area contributed by atoms with Crippen LogP contribution in [0.4, 0.5) is 5.82 Å². The van der Waals surface area contributed by atoms with Crippen molar-refractivity contribution in [1.82, 2.24) is 4.98 Å². The second-order valence-electron chi connectivity index (χ2n) is 3.10. The lowest BCUT2D eigenvalue weighted by molar-refractivity contribution is -0.143. The zero-order valence-electron chi connectivity index (χ0n) is 7.49. The molecule has 5 nitrogen and oxygen atoms in total. The maximum absolute atomic E-state index is 10.8. The first kappa shape index (κ1) is 11.2. The van der Waals surface area contributed by atoms with E-state index in [1.54, 1.807) is 6.07 Å². The van der Waals surface area contributed by atoms with E-state index < -0.39 is 11.5 Å². The lowest BCUT2D eigenvalue weighted by atomic mass is 9.95. The molecule has 0 spiro atoms. The molecule has 0 bridgehead atoms. The van der Waals surface area contributed by atoms with E-state index in [0.29, 0.717) is 15.0 Å². The van der Waals surface area contributed by atoms with Crippen LogP contribution in [0.15, 0.2) is 12.3 Å². The normalized spacial score (nSPS) is 14.8. The number of nitrogens with two attached hydrogens (primary N) is 2. The molecule has 1 aromatic heterocycles. The van der Waals surface area contributed by atoms with Crippen LogP contribution in [0.5, 0.6) is 0 Å². The molecule has 0 unspecified atom stereocenters. The van der Waals surface area contributed by atoms with Crippen LogP contribution in [0.1, 0.15) is 12.5 Å². The first-order chi connectivity index (χ1) is 6.35. The molecule has 1 heterocycles. The van der Waals surface area contributed by atoms with Gasteiger partial charge in [-0.25, -0.2) is 9.78 Å². The van der Waals surface area contributed by atoms with Crippen LogP contribution in [-0.2, 0) is 10.3 Å². The van der Waals surface area contributed by atoms with Gasteiger partial charge in [-0.15, -0.1) is 0 Å². The summed E-state index contributed by atoms with van der Waals surface area (Å²) in [5.74, 6) is -0.726. The first-order valence-electron chi connectivity index (χ1n) is 3.79. The number of aliphatic carboxylic acids is 1. The standard InChI is InChI=1S/C8H10IN3O2/c1-8(11,7(13)14)4-2-5(9)6(10)12-3-4/h2-3H,11H2,1H3,(H2,10,12)(H,13,14)/t8-/m1/s1. The van der Waals surface area contributed by atoms with Crippen LogP contribution in [0, 0.1) is 3.57 Å². The molecule has 1 aromatic rings. The summed E-state index contributed by atoms with van der Waals surface area (Å²) in [5.41, 5.74) is 10.1. The molecule has 0 saturated heterocycles. The maximum Gasteiger partial charge on any atom is 0.328 e. The number of pyridine rings is 1. The number of halogens is 1. The second kappa shape index (κ2) is 3.70. The van der Waals surface area contributed by atoms with E-state index in [1.165, 1.54) is 13.1 Å². The monoisotopic (exact) mass is 307 g/mol. The number of aromatic nitrogens is 1. The van der Waals surface area contributed by atoms with Gasteiger partial charge in [0.2, 0.25) is 0 Å². The Balaban J connectivity index is 3.21. The summed E-state index contributed by atoms with van der Waals surface area (Å²) in [4.78, 5) is 14.7. The quantitative estimate of drug-likeness (QED) is 0.692. The lowest BCUT2D eigenvalue weighted by Crippen LogP contribution is -2.41. The Hall–Kier alpha value is -0.890. The Morgan fingerprint density at radius 3 is 2.71 bits per heavy atom. The van der Waals surface area contributed by atoms with Crippen LogP contribution in [0.2, 0.25) is 0 Å². The second-order valence-corrected chi connectivity index (χ2v) is 4.26. The van der Waals surface area contributed by atoms with Gasteiger partial charge in [0.25, 0.3) is 0 Å². The zero-order valence-corrected chi connectivity index (χ0v) is 9.65. The third kappa shape index (κ3) is 1.95.